The van der Waals surface area contributed by atoms with E-state index in [1.54, 1.807) is 6.08 Å². The Labute approximate surface area is 188 Å². The molecule has 6 nitrogen and oxygen atoms in total. The molecule has 0 aromatic heterocycles. The summed E-state index contributed by atoms with van der Waals surface area (Å²) in [5, 5.41) is 11.3. The van der Waals surface area contributed by atoms with E-state index in [1.807, 2.05) is 18.2 Å². The Hall–Kier alpha value is -2.22. The largest absolute Gasteiger partial charge is 0.462 e. The molecule has 5 rings (SSSR count). The maximum atomic E-state index is 14.7. The molecule has 1 aromatic rings. The second-order valence-electron chi connectivity index (χ2n) is 9.21. The zero-order chi connectivity index (χ0) is 22.1. The molecule has 0 radical (unpaired) electrons. The molecule has 172 valence electrons. The number of fused-ring (bicyclic) bond motifs is 1. The van der Waals surface area contributed by atoms with Gasteiger partial charge in [0, 0.05) is 50.5 Å². The number of allylic oxidation sites excluding steroid dienone is 3. The van der Waals surface area contributed by atoms with Crippen LogP contribution >= 0.6 is 0 Å². The Morgan fingerprint density at radius 2 is 2.06 bits per heavy atom. The summed E-state index contributed by atoms with van der Waals surface area (Å²) < 4.78 is 27.3. The van der Waals surface area contributed by atoms with Crippen molar-refractivity contribution in [3.8, 4) is 5.75 Å². The lowest BCUT2D eigenvalue weighted by molar-refractivity contribution is -0.231. The topological polar surface area (TPSA) is 71.0 Å². The number of benzene rings is 1. The summed E-state index contributed by atoms with van der Waals surface area (Å²) in [6.07, 6.45) is 7.85. The number of ether oxygens (including phenoxy) is 2. The van der Waals surface area contributed by atoms with Gasteiger partial charge in [0.2, 0.25) is 11.7 Å². The highest BCUT2D eigenvalue weighted by Crippen LogP contribution is 2.41. The number of rotatable bonds is 5. The summed E-state index contributed by atoms with van der Waals surface area (Å²) in [7, 11) is 0. The predicted molar refractivity (Wildman–Crippen MR) is 119 cm³/mol. The Kier molecular flexibility index (Phi) is 6.05. The fourth-order valence-corrected chi connectivity index (χ4v) is 5.03. The molecule has 1 aromatic carbocycles. The molecule has 2 aliphatic heterocycles. The van der Waals surface area contributed by atoms with Gasteiger partial charge in [-0.05, 0) is 36.1 Å². The van der Waals surface area contributed by atoms with Crippen LogP contribution in [0.3, 0.4) is 0 Å². The van der Waals surface area contributed by atoms with Gasteiger partial charge in [0.15, 0.2) is 0 Å². The molecule has 1 saturated carbocycles. The quantitative estimate of drug-likeness (QED) is 0.733. The molecule has 4 aliphatic rings. The molecule has 1 atom stereocenters. The molecular weight excluding hydrogens is 411 g/mol. The van der Waals surface area contributed by atoms with Crippen LogP contribution in [0, 0.1) is 0 Å². The highest BCUT2D eigenvalue weighted by Gasteiger charge is 2.42. The third-order valence-corrected chi connectivity index (χ3v) is 7.23. The van der Waals surface area contributed by atoms with Crippen molar-refractivity contribution in [2.24, 2.45) is 0 Å². The second kappa shape index (κ2) is 8.96. The number of nitrogens with zero attached hydrogens (tertiary/aromatic N) is 1. The second-order valence-corrected chi connectivity index (χ2v) is 9.21. The van der Waals surface area contributed by atoms with Gasteiger partial charge in [0.25, 0.3) is 0 Å². The number of likely N-dealkylation sites (tertiary alicyclic amines) is 1. The van der Waals surface area contributed by atoms with Crippen molar-refractivity contribution < 1.29 is 23.8 Å². The van der Waals surface area contributed by atoms with Crippen molar-refractivity contribution in [2.45, 2.75) is 63.1 Å². The molecule has 1 unspecified atom stereocenters. The number of hydrogen-bond acceptors (Lipinski definition) is 5. The first-order valence-electron chi connectivity index (χ1n) is 11.7. The van der Waals surface area contributed by atoms with Crippen molar-refractivity contribution in [1.29, 1.82) is 0 Å². The van der Waals surface area contributed by atoms with Gasteiger partial charge >= 0.3 is 0 Å². The van der Waals surface area contributed by atoms with E-state index in [-0.39, 0.29) is 25.1 Å². The van der Waals surface area contributed by atoms with Gasteiger partial charge in [-0.2, -0.15) is 0 Å². The number of carbonyl (C=O) groups excluding carboxylic acids is 1. The lowest BCUT2D eigenvalue weighted by Crippen LogP contribution is -2.54. The van der Waals surface area contributed by atoms with Crippen LogP contribution in [-0.2, 0) is 16.1 Å². The number of hydrogen-bond donors (Lipinski definition) is 2. The van der Waals surface area contributed by atoms with Crippen molar-refractivity contribution in [3.05, 3.63) is 47.1 Å². The maximum absolute atomic E-state index is 14.7. The van der Waals surface area contributed by atoms with E-state index >= 15 is 0 Å². The van der Waals surface area contributed by atoms with Gasteiger partial charge in [-0.25, -0.2) is 4.39 Å². The Bertz CT molecular complexity index is 932. The number of carbonyl (C=O) groups is 1. The molecule has 1 spiro atoms. The van der Waals surface area contributed by atoms with E-state index in [2.05, 4.69) is 10.2 Å². The molecule has 7 heteroatoms. The lowest BCUT2D eigenvalue weighted by atomic mass is 9.88. The van der Waals surface area contributed by atoms with E-state index in [1.165, 1.54) is 25.3 Å². The first-order valence-corrected chi connectivity index (χ1v) is 11.7. The van der Waals surface area contributed by atoms with E-state index in [4.69, 9.17) is 14.6 Å². The molecule has 2 heterocycles. The highest BCUT2D eigenvalue weighted by atomic mass is 19.1. The number of piperidine rings is 1. The van der Waals surface area contributed by atoms with Crippen molar-refractivity contribution >= 4 is 11.5 Å². The van der Waals surface area contributed by atoms with Crippen molar-refractivity contribution in [1.82, 2.24) is 10.2 Å². The third kappa shape index (κ3) is 4.21. The van der Waals surface area contributed by atoms with E-state index in [0.717, 1.165) is 54.4 Å². The van der Waals surface area contributed by atoms with Gasteiger partial charge in [-0.1, -0.05) is 24.6 Å². The predicted octanol–water partition coefficient (Wildman–Crippen LogP) is 3.10. The highest BCUT2D eigenvalue weighted by molar-refractivity contribution is 5.96. The number of aliphatic hydroxyl groups is 1. The van der Waals surface area contributed by atoms with E-state index in [0.29, 0.717) is 6.61 Å². The molecule has 2 N–H and O–H groups in total. The number of aliphatic hydroxyl groups excluding tert-OH is 1. The third-order valence-electron chi connectivity index (χ3n) is 7.23. The summed E-state index contributed by atoms with van der Waals surface area (Å²) in [4.78, 5) is 14.6. The number of nitrogens with one attached hydrogen (secondary N) is 1. The minimum Gasteiger partial charge on any atom is -0.462 e. The molecular formula is C25H31FN2O4. The molecule has 2 aliphatic carbocycles. The average Bonchev–Trinajstić information content (AvgIpc) is 2.77. The minimum absolute atomic E-state index is 0.0991. The maximum Gasteiger partial charge on any atom is 0.250 e. The standard InChI is InChI=1S/C25H31FN2O4/c26-22-15-18(4-6-21(22)24(30)27-10-13-29)17-5-7-23-19(14-17)16-31-25(32-23)8-11-28(12-9-25)20-2-1-3-20/h4-7,14,20,22,29H,1-3,8-13,15-16H2,(H,27,30). The fraction of sp³-hybridized carbons (Fsp3) is 0.560. The zero-order valence-electron chi connectivity index (χ0n) is 18.3. The average molecular weight is 443 g/mol. The zero-order valence-corrected chi connectivity index (χ0v) is 18.3. The Morgan fingerprint density at radius 1 is 1.25 bits per heavy atom. The van der Waals surface area contributed by atoms with Crippen LogP contribution < -0.4 is 10.1 Å². The van der Waals surface area contributed by atoms with Crippen molar-refractivity contribution in [3.63, 3.8) is 0 Å². The molecule has 1 amide bonds. The summed E-state index contributed by atoms with van der Waals surface area (Å²) in [6, 6.07) is 6.69. The molecule has 0 bridgehead atoms. The van der Waals surface area contributed by atoms with E-state index < -0.39 is 17.9 Å². The van der Waals surface area contributed by atoms with Gasteiger partial charge in [-0.15, -0.1) is 0 Å². The molecule has 2 fully saturated rings. The first kappa shape index (κ1) is 21.6. The Balaban J connectivity index is 1.26. The van der Waals surface area contributed by atoms with Crippen LogP contribution in [0.4, 0.5) is 4.39 Å². The van der Waals surface area contributed by atoms with Crippen LogP contribution in [0.1, 0.15) is 49.7 Å². The summed E-state index contributed by atoms with van der Waals surface area (Å²) in [5.41, 5.74) is 2.83. The summed E-state index contributed by atoms with van der Waals surface area (Å²) in [6.45, 7) is 2.47. The van der Waals surface area contributed by atoms with E-state index in [9.17, 15) is 9.18 Å². The number of amides is 1. The van der Waals surface area contributed by atoms with Crippen LogP contribution in [0.25, 0.3) is 5.57 Å². The van der Waals surface area contributed by atoms with Gasteiger partial charge < -0.3 is 19.9 Å². The minimum atomic E-state index is -1.37. The smallest absolute Gasteiger partial charge is 0.250 e. The number of halogens is 1. The first-order chi connectivity index (χ1) is 15.6. The lowest BCUT2D eigenvalue weighted by Gasteiger charge is -2.47. The monoisotopic (exact) mass is 442 g/mol. The van der Waals surface area contributed by atoms with Gasteiger partial charge in [0.05, 0.1) is 18.8 Å². The van der Waals surface area contributed by atoms with Crippen LogP contribution in [0.15, 0.2) is 35.9 Å². The molecule has 1 saturated heterocycles. The fourth-order valence-electron chi connectivity index (χ4n) is 5.03. The van der Waals surface area contributed by atoms with Crippen LogP contribution in [-0.4, -0.2) is 60.2 Å². The normalized spacial score (nSPS) is 25.2. The summed E-state index contributed by atoms with van der Waals surface area (Å²) >= 11 is 0. The molecule has 32 heavy (non-hydrogen) atoms. The SMILES string of the molecule is O=C(NCCO)C1=CC=C(c2ccc3c(c2)COC2(CCN(C4CCC4)CC2)O3)CC1F. The van der Waals surface area contributed by atoms with Gasteiger partial charge in [0.1, 0.15) is 11.9 Å². The van der Waals surface area contributed by atoms with Crippen molar-refractivity contribution in [2.75, 3.05) is 26.2 Å². The summed E-state index contributed by atoms with van der Waals surface area (Å²) in [5.74, 6) is -0.143. The van der Waals surface area contributed by atoms with Gasteiger partial charge in [-0.3, -0.25) is 9.69 Å². The Morgan fingerprint density at radius 3 is 2.75 bits per heavy atom. The number of alkyl halides is 1. The van der Waals surface area contributed by atoms with Crippen LogP contribution in [0.5, 0.6) is 5.75 Å². The van der Waals surface area contributed by atoms with Crippen LogP contribution in [0.2, 0.25) is 0 Å².